The maximum absolute atomic E-state index is 13.2. The summed E-state index contributed by atoms with van der Waals surface area (Å²) in [5.41, 5.74) is 0.706. The van der Waals surface area contributed by atoms with Gasteiger partial charge in [0.05, 0.1) is 16.5 Å². The topological polar surface area (TPSA) is 78.5 Å². The maximum Gasteiger partial charge on any atom is 0.417 e. The summed E-state index contributed by atoms with van der Waals surface area (Å²) in [5.74, 6) is -0.629. The highest BCUT2D eigenvalue weighted by Gasteiger charge is 2.37. The van der Waals surface area contributed by atoms with Crippen LogP contribution in [0.2, 0.25) is 0 Å². The van der Waals surface area contributed by atoms with Gasteiger partial charge in [-0.15, -0.1) is 0 Å². The van der Waals surface area contributed by atoms with E-state index in [1.165, 1.54) is 19.4 Å². The molecule has 3 rings (SSSR count). The minimum Gasteiger partial charge on any atom is -0.351 e. The van der Waals surface area contributed by atoms with E-state index in [0.29, 0.717) is 6.07 Å². The Balaban J connectivity index is 1.64. The van der Waals surface area contributed by atoms with Crippen LogP contribution in [0, 0.1) is 0 Å². The first kappa shape index (κ1) is 25.2. The van der Waals surface area contributed by atoms with Crippen LogP contribution in [0.25, 0.3) is 0 Å². The average molecular weight is 484 g/mol. The second-order valence-corrected chi connectivity index (χ2v) is 9.84. The van der Waals surface area contributed by atoms with Gasteiger partial charge in [-0.25, -0.2) is 8.42 Å². The van der Waals surface area contributed by atoms with Crippen molar-refractivity contribution in [3.63, 3.8) is 0 Å². The predicted molar refractivity (Wildman–Crippen MR) is 119 cm³/mol. The number of nitrogens with one attached hydrogen (secondary N) is 2. The van der Waals surface area contributed by atoms with Crippen LogP contribution < -0.4 is 10.0 Å². The highest BCUT2D eigenvalue weighted by atomic mass is 32.2. The van der Waals surface area contributed by atoms with Crippen molar-refractivity contribution in [1.82, 2.24) is 14.9 Å². The summed E-state index contributed by atoms with van der Waals surface area (Å²) >= 11 is 0. The summed E-state index contributed by atoms with van der Waals surface area (Å²) < 4.78 is 66.8. The molecule has 1 heterocycles. The lowest BCUT2D eigenvalue weighted by Gasteiger charge is -2.27. The Kier molecular flexibility index (Phi) is 8.14. The molecule has 0 radical (unpaired) electrons. The number of carbonyl (C=O) groups is 1. The molecule has 0 bridgehead atoms. The van der Waals surface area contributed by atoms with Crippen LogP contribution in [0.15, 0.2) is 53.4 Å². The molecule has 1 aliphatic heterocycles. The smallest absolute Gasteiger partial charge is 0.351 e. The summed E-state index contributed by atoms with van der Waals surface area (Å²) in [4.78, 5) is 14.0. The van der Waals surface area contributed by atoms with E-state index in [0.717, 1.165) is 55.7 Å². The van der Waals surface area contributed by atoms with Gasteiger partial charge in [-0.2, -0.15) is 17.9 Å². The van der Waals surface area contributed by atoms with Crippen LogP contribution in [-0.4, -0.2) is 38.4 Å². The number of likely N-dealkylation sites (tertiary alicyclic amines) is 1. The number of benzene rings is 2. The van der Waals surface area contributed by atoms with E-state index in [4.69, 9.17) is 0 Å². The van der Waals surface area contributed by atoms with Crippen LogP contribution in [0.4, 0.5) is 13.2 Å². The standard InChI is InChI=1S/C23H28F3N3O3S/c1-17(28-33(31,32)21-12-6-5-11-20(21)23(24,25)26)22(30)27-15-18-9-3-4-10-19(18)16-29-13-7-2-8-14-29/h3-6,9-12,17,28H,2,7-8,13-16H2,1H3,(H,27,30)/t17-/m0/s1. The van der Waals surface area contributed by atoms with Crippen molar-refractivity contribution in [2.75, 3.05) is 13.1 Å². The summed E-state index contributed by atoms with van der Waals surface area (Å²) in [6.45, 7) is 4.30. The summed E-state index contributed by atoms with van der Waals surface area (Å²) in [7, 11) is -4.57. The molecule has 0 aliphatic carbocycles. The monoisotopic (exact) mass is 483 g/mol. The summed E-state index contributed by atoms with van der Waals surface area (Å²) in [6, 6.07) is 10.3. The zero-order valence-electron chi connectivity index (χ0n) is 18.4. The predicted octanol–water partition coefficient (Wildman–Crippen LogP) is 3.67. The van der Waals surface area contributed by atoms with E-state index in [1.54, 1.807) is 0 Å². The number of halogens is 3. The van der Waals surface area contributed by atoms with Crippen molar-refractivity contribution < 1.29 is 26.4 Å². The number of piperidine rings is 1. The Morgan fingerprint density at radius 2 is 1.61 bits per heavy atom. The molecule has 1 fully saturated rings. The molecule has 10 heteroatoms. The van der Waals surface area contributed by atoms with Gasteiger partial charge in [0.25, 0.3) is 0 Å². The average Bonchev–Trinajstić information content (AvgIpc) is 2.78. The molecule has 2 aromatic rings. The van der Waals surface area contributed by atoms with Crippen molar-refractivity contribution in [2.24, 2.45) is 0 Å². The Bertz CT molecular complexity index is 1070. The van der Waals surface area contributed by atoms with Gasteiger partial charge in [-0.05, 0) is 56.1 Å². The van der Waals surface area contributed by atoms with E-state index < -0.39 is 38.6 Å². The maximum atomic E-state index is 13.2. The Labute approximate surface area is 192 Å². The molecular weight excluding hydrogens is 455 g/mol. The van der Waals surface area contributed by atoms with E-state index in [1.807, 2.05) is 24.3 Å². The minimum atomic E-state index is -4.84. The molecule has 1 saturated heterocycles. The Hall–Kier alpha value is -2.43. The molecule has 33 heavy (non-hydrogen) atoms. The number of amides is 1. The lowest BCUT2D eigenvalue weighted by Crippen LogP contribution is -2.44. The largest absolute Gasteiger partial charge is 0.417 e. The number of alkyl halides is 3. The van der Waals surface area contributed by atoms with E-state index in [-0.39, 0.29) is 6.54 Å². The van der Waals surface area contributed by atoms with E-state index in [9.17, 15) is 26.4 Å². The lowest BCUT2D eigenvalue weighted by molar-refractivity contribution is -0.139. The van der Waals surface area contributed by atoms with Crippen LogP contribution in [0.1, 0.15) is 42.9 Å². The molecule has 0 spiro atoms. The molecule has 1 aliphatic rings. The van der Waals surface area contributed by atoms with Crippen LogP contribution >= 0.6 is 0 Å². The fourth-order valence-electron chi connectivity index (χ4n) is 3.86. The molecule has 1 atom stereocenters. The number of rotatable bonds is 8. The van der Waals surface area contributed by atoms with Crippen molar-refractivity contribution in [2.45, 2.75) is 56.4 Å². The first-order valence-corrected chi connectivity index (χ1v) is 12.3. The second kappa shape index (κ2) is 10.7. The molecule has 180 valence electrons. The normalized spacial score (nSPS) is 16.4. The van der Waals surface area contributed by atoms with E-state index >= 15 is 0 Å². The second-order valence-electron chi connectivity index (χ2n) is 8.16. The van der Waals surface area contributed by atoms with Crippen molar-refractivity contribution in [3.8, 4) is 0 Å². The first-order valence-electron chi connectivity index (χ1n) is 10.8. The molecule has 2 N–H and O–H groups in total. The van der Waals surface area contributed by atoms with Crippen LogP contribution in [0.3, 0.4) is 0 Å². The fourth-order valence-corrected chi connectivity index (χ4v) is 5.29. The first-order chi connectivity index (χ1) is 15.6. The zero-order valence-corrected chi connectivity index (χ0v) is 19.2. The van der Waals surface area contributed by atoms with Crippen molar-refractivity contribution >= 4 is 15.9 Å². The SMILES string of the molecule is C[C@H](NS(=O)(=O)c1ccccc1C(F)(F)F)C(=O)NCc1ccccc1CN1CCCCC1. The minimum absolute atomic E-state index is 0.189. The number of carbonyl (C=O) groups excluding carboxylic acids is 1. The number of sulfonamides is 1. The molecular formula is C23H28F3N3O3S. The van der Waals surface area contributed by atoms with Gasteiger partial charge < -0.3 is 5.32 Å². The third kappa shape index (κ3) is 6.78. The van der Waals surface area contributed by atoms with E-state index in [2.05, 4.69) is 14.9 Å². The number of nitrogens with zero attached hydrogens (tertiary/aromatic N) is 1. The highest BCUT2D eigenvalue weighted by Crippen LogP contribution is 2.33. The molecule has 0 saturated carbocycles. The van der Waals surface area contributed by atoms with Gasteiger partial charge in [0.1, 0.15) is 0 Å². The third-order valence-corrected chi connectivity index (χ3v) is 7.22. The number of hydrogen-bond acceptors (Lipinski definition) is 4. The molecule has 0 aromatic heterocycles. The quantitative estimate of drug-likeness (QED) is 0.601. The third-order valence-electron chi connectivity index (χ3n) is 5.62. The van der Waals surface area contributed by atoms with Gasteiger partial charge in [0, 0.05) is 13.1 Å². The van der Waals surface area contributed by atoms with Gasteiger partial charge in [-0.1, -0.05) is 42.8 Å². The van der Waals surface area contributed by atoms with Crippen molar-refractivity contribution in [3.05, 3.63) is 65.2 Å². The molecule has 1 amide bonds. The van der Waals surface area contributed by atoms with Crippen LogP contribution in [-0.2, 0) is 34.1 Å². The fraction of sp³-hybridized carbons (Fsp3) is 0.435. The van der Waals surface area contributed by atoms with Crippen LogP contribution in [0.5, 0.6) is 0 Å². The highest BCUT2D eigenvalue weighted by molar-refractivity contribution is 7.89. The summed E-state index contributed by atoms with van der Waals surface area (Å²) in [6.07, 6.45) is -1.29. The number of hydrogen-bond donors (Lipinski definition) is 2. The van der Waals surface area contributed by atoms with Crippen molar-refractivity contribution in [1.29, 1.82) is 0 Å². The Morgan fingerprint density at radius 3 is 2.27 bits per heavy atom. The van der Waals surface area contributed by atoms with Gasteiger partial charge >= 0.3 is 6.18 Å². The Morgan fingerprint density at radius 1 is 1.00 bits per heavy atom. The molecule has 6 nitrogen and oxygen atoms in total. The molecule has 2 aromatic carbocycles. The summed E-state index contributed by atoms with van der Waals surface area (Å²) in [5, 5.41) is 2.69. The van der Waals surface area contributed by atoms with Gasteiger partial charge in [0.2, 0.25) is 15.9 Å². The lowest BCUT2D eigenvalue weighted by atomic mass is 10.0. The van der Waals surface area contributed by atoms with Gasteiger partial charge in [0.15, 0.2) is 0 Å². The zero-order chi connectivity index (χ0) is 24.1. The molecule has 0 unspecified atom stereocenters. The van der Waals surface area contributed by atoms with Gasteiger partial charge in [-0.3, -0.25) is 9.69 Å².